The first-order valence-corrected chi connectivity index (χ1v) is 8.99. The van der Waals surface area contributed by atoms with E-state index in [0.717, 1.165) is 5.56 Å². The largest absolute Gasteiger partial charge is 0.504 e. The van der Waals surface area contributed by atoms with Crippen molar-refractivity contribution in [1.29, 1.82) is 0 Å². The minimum atomic E-state index is -0.146. The molecule has 1 aromatic carbocycles. The van der Waals surface area contributed by atoms with Gasteiger partial charge in [0.05, 0.1) is 12.0 Å². The first kappa shape index (κ1) is 17.2. The van der Waals surface area contributed by atoms with Crippen LogP contribution in [0.5, 0.6) is 11.5 Å². The third-order valence-electron chi connectivity index (χ3n) is 3.31. The molecule has 0 radical (unpaired) electrons. The van der Waals surface area contributed by atoms with Gasteiger partial charge in [0.2, 0.25) is 5.13 Å². The Morgan fingerprint density at radius 2 is 2.32 bits per heavy atom. The Bertz CT molecular complexity index is 860. The zero-order chi connectivity index (χ0) is 17.8. The van der Waals surface area contributed by atoms with Gasteiger partial charge in [-0.15, -0.1) is 17.9 Å². The number of ether oxygens (including phenoxy) is 1. The number of aromatic nitrogens is 1. The van der Waals surface area contributed by atoms with E-state index in [0.29, 0.717) is 27.5 Å². The van der Waals surface area contributed by atoms with Crippen molar-refractivity contribution in [2.75, 3.05) is 13.7 Å². The van der Waals surface area contributed by atoms with Gasteiger partial charge in [-0.1, -0.05) is 12.1 Å². The second-order valence-corrected chi connectivity index (χ2v) is 6.84. The number of amidine groups is 1. The fourth-order valence-electron chi connectivity index (χ4n) is 2.17. The maximum atomic E-state index is 12.7. The number of carbonyl (C=O) groups excluding carboxylic acids is 1. The molecule has 0 spiro atoms. The molecule has 1 aromatic heterocycles. The molecule has 3 rings (SSSR count). The minimum Gasteiger partial charge on any atom is -0.504 e. The Hall–Kier alpha value is -2.58. The second kappa shape index (κ2) is 7.54. The lowest BCUT2D eigenvalue weighted by Crippen LogP contribution is -2.29. The second-order valence-electron chi connectivity index (χ2n) is 4.96. The molecular weight excluding hydrogens is 358 g/mol. The third kappa shape index (κ3) is 3.75. The Morgan fingerprint density at radius 3 is 3.00 bits per heavy atom. The van der Waals surface area contributed by atoms with E-state index in [2.05, 4.69) is 16.6 Å². The molecule has 0 saturated carbocycles. The molecule has 0 aliphatic carbocycles. The summed E-state index contributed by atoms with van der Waals surface area (Å²) in [7, 11) is 1.48. The maximum absolute atomic E-state index is 12.7. The zero-order valence-electron chi connectivity index (χ0n) is 13.4. The Labute approximate surface area is 153 Å². The summed E-state index contributed by atoms with van der Waals surface area (Å²) < 4.78 is 5.10. The summed E-state index contributed by atoms with van der Waals surface area (Å²) in [6.45, 7) is 4.06. The summed E-state index contributed by atoms with van der Waals surface area (Å²) in [5.74, 6) is 0.256. The van der Waals surface area contributed by atoms with Crippen LogP contribution in [0.4, 0.5) is 5.13 Å². The van der Waals surface area contributed by atoms with Gasteiger partial charge in [0, 0.05) is 18.1 Å². The first-order valence-electron chi connectivity index (χ1n) is 7.30. The van der Waals surface area contributed by atoms with E-state index in [1.165, 1.54) is 36.3 Å². The number of thioether (sulfide) groups is 1. The van der Waals surface area contributed by atoms with E-state index in [9.17, 15) is 9.90 Å². The summed E-state index contributed by atoms with van der Waals surface area (Å²) in [5.41, 5.74) is 0.750. The van der Waals surface area contributed by atoms with Crippen LogP contribution >= 0.6 is 23.1 Å². The molecule has 2 aromatic rings. The van der Waals surface area contributed by atoms with Crippen molar-refractivity contribution in [3.8, 4) is 11.5 Å². The van der Waals surface area contributed by atoms with E-state index in [4.69, 9.17) is 4.74 Å². The predicted molar refractivity (Wildman–Crippen MR) is 101 cm³/mol. The maximum Gasteiger partial charge on any atom is 0.267 e. The molecule has 25 heavy (non-hydrogen) atoms. The van der Waals surface area contributed by atoms with E-state index in [1.54, 1.807) is 35.4 Å². The lowest BCUT2D eigenvalue weighted by atomic mass is 10.2. The molecule has 1 N–H and O–H groups in total. The van der Waals surface area contributed by atoms with Crippen molar-refractivity contribution >= 4 is 45.4 Å². The molecule has 8 heteroatoms. The molecule has 0 unspecified atom stereocenters. The van der Waals surface area contributed by atoms with Gasteiger partial charge in [-0.2, -0.15) is 4.99 Å². The SMILES string of the molecule is C=CCN1C(=O)C(=Cc2ccc(O)c(OC)c2)SC1=Nc1nccs1. The molecule has 1 aliphatic heterocycles. The van der Waals surface area contributed by atoms with Crippen molar-refractivity contribution in [3.05, 3.63) is 52.9 Å². The highest BCUT2D eigenvalue weighted by molar-refractivity contribution is 8.18. The highest BCUT2D eigenvalue weighted by Crippen LogP contribution is 2.35. The molecule has 1 amide bonds. The number of phenols is 1. The predicted octanol–water partition coefficient (Wildman–Crippen LogP) is 3.65. The van der Waals surface area contributed by atoms with Gasteiger partial charge >= 0.3 is 0 Å². The van der Waals surface area contributed by atoms with Crippen LogP contribution in [0.25, 0.3) is 6.08 Å². The topological polar surface area (TPSA) is 75.0 Å². The van der Waals surface area contributed by atoms with Crippen molar-refractivity contribution in [2.45, 2.75) is 0 Å². The van der Waals surface area contributed by atoms with E-state index in [-0.39, 0.29) is 11.7 Å². The van der Waals surface area contributed by atoms with Crippen LogP contribution in [-0.4, -0.2) is 39.7 Å². The number of methoxy groups -OCH3 is 1. The van der Waals surface area contributed by atoms with Crippen molar-refractivity contribution in [2.24, 2.45) is 4.99 Å². The number of phenolic OH excluding ortho intramolecular Hbond substituents is 1. The summed E-state index contributed by atoms with van der Waals surface area (Å²) >= 11 is 2.68. The normalized spacial score (nSPS) is 17.5. The van der Waals surface area contributed by atoms with Gasteiger partial charge < -0.3 is 9.84 Å². The molecule has 6 nitrogen and oxygen atoms in total. The van der Waals surface area contributed by atoms with Crippen LogP contribution in [0.2, 0.25) is 0 Å². The highest BCUT2D eigenvalue weighted by Gasteiger charge is 2.32. The van der Waals surface area contributed by atoms with Crippen LogP contribution < -0.4 is 4.74 Å². The van der Waals surface area contributed by atoms with Crippen molar-refractivity contribution in [1.82, 2.24) is 9.88 Å². The summed E-state index contributed by atoms with van der Waals surface area (Å²) in [6.07, 6.45) is 5.07. The highest BCUT2D eigenvalue weighted by atomic mass is 32.2. The average Bonchev–Trinajstić information content (AvgIpc) is 3.21. The summed E-state index contributed by atoms with van der Waals surface area (Å²) in [5, 5.41) is 12.7. The summed E-state index contributed by atoms with van der Waals surface area (Å²) in [4.78, 5) is 23.3. The number of benzene rings is 1. The van der Waals surface area contributed by atoms with Crippen LogP contribution in [0.3, 0.4) is 0 Å². The molecule has 0 atom stereocenters. The van der Waals surface area contributed by atoms with Gasteiger partial charge in [0.25, 0.3) is 5.91 Å². The molecule has 1 fully saturated rings. The monoisotopic (exact) mass is 373 g/mol. The number of amides is 1. The quantitative estimate of drug-likeness (QED) is 0.640. The fourth-order valence-corrected chi connectivity index (χ4v) is 3.72. The van der Waals surface area contributed by atoms with Gasteiger partial charge in [-0.25, -0.2) is 4.98 Å². The number of aromatic hydroxyl groups is 1. The lowest BCUT2D eigenvalue weighted by molar-refractivity contribution is -0.121. The summed E-state index contributed by atoms with van der Waals surface area (Å²) in [6, 6.07) is 4.91. The molecule has 1 aliphatic rings. The van der Waals surface area contributed by atoms with Gasteiger partial charge in [0.1, 0.15) is 0 Å². The molecule has 128 valence electrons. The van der Waals surface area contributed by atoms with Crippen LogP contribution in [-0.2, 0) is 4.79 Å². The molecule has 2 heterocycles. The molecule has 1 saturated heterocycles. The number of hydrogen-bond acceptors (Lipinski definition) is 7. The van der Waals surface area contributed by atoms with Crippen LogP contribution in [0, 0.1) is 0 Å². The van der Waals surface area contributed by atoms with Gasteiger partial charge in [-0.3, -0.25) is 9.69 Å². The Balaban J connectivity index is 1.94. The van der Waals surface area contributed by atoms with Crippen LogP contribution in [0.1, 0.15) is 5.56 Å². The van der Waals surface area contributed by atoms with Gasteiger partial charge in [-0.05, 0) is 35.5 Å². The Kier molecular flexibility index (Phi) is 5.20. The van der Waals surface area contributed by atoms with Crippen molar-refractivity contribution in [3.63, 3.8) is 0 Å². The minimum absolute atomic E-state index is 0.0503. The van der Waals surface area contributed by atoms with Crippen molar-refractivity contribution < 1.29 is 14.6 Å². The number of nitrogens with zero attached hydrogens (tertiary/aromatic N) is 3. The van der Waals surface area contributed by atoms with E-state index >= 15 is 0 Å². The number of aliphatic imine (C=N–C) groups is 1. The number of carbonyl (C=O) groups is 1. The Morgan fingerprint density at radius 1 is 1.48 bits per heavy atom. The average molecular weight is 373 g/mol. The zero-order valence-corrected chi connectivity index (χ0v) is 15.0. The number of thiazole rings is 1. The standard InChI is InChI=1S/C17H15N3O3S2/c1-3-7-20-15(22)14(25-17(20)19-16-18-6-8-24-16)10-11-4-5-12(21)13(9-11)23-2/h3-6,8-10,21H,1,7H2,2H3. The first-order chi connectivity index (χ1) is 12.1. The molecule has 0 bridgehead atoms. The van der Waals surface area contributed by atoms with E-state index in [1.807, 2.05) is 5.38 Å². The third-order valence-corrected chi connectivity index (χ3v) is 4.98. The number of hydrogen-bond donors (Lipinski definition) is 1. The van der Waals surface area contributed by atoms with Crippen LogP contribution in [0.15, 0.2) is 52.3 Å². The fraction of sp³-hybridized carbons (Fsp3) is 0.118. The van der Waals surface area contributed by atoms with E-state index < -0.39 is 0 Å². The number of rotatable bonds is 5. The molecular formula is C17H15N3O3S2. The van der Waals surface area contributed by atoms with Gasteiger partial charge in [0.15, 0.2) is 16.7 Å². The smallest absolute Gasteiger partial charge is 0.267 e. The lowest BCUT2D eigenvalue weighted by Gasteiger charge is -2.11.